The third-order valence-electron chi connectivity index (χ3n) is 4.56. The Labute approximate surface area is 136 Å². The first-order valence-corrected chi connectivity index (χ1v) is 9.30. The van der Waals surface area contributed by atoms with Crippen LogP contribution < -0.4 is 5.32 Å². The van der Waals surface area contributed by atoms with Crippen LogP contribution in [-0.4, -0.2) is 5.91 Å². The first kappa shape index (κ1) is 16.5. The summed E-state index contributed by atoms with van der Waals surface area (Å²) in [5.74, 6) is 1.27. The number of hydrogen-bond acceptors (Lipinski definition) is 1. The average molecular weight is 352 g/mol. The van der Waals surface area contributed by atoms with Crippen LogP contribution >= 0.6 is 15.9 Å². The number of carbonyl (C=O) groups excluding carboxylic acids is 1. The minimum absolute atomic E-state index is 0.204. The van der Waals surface area contributed by atoms with Crippen LogP contribution in [0.1, 0.15) is 57.4 Å². The highest BCUT2D eigenvalue weighted by Crippen LogP contribution is 2.32. The quantitative estimate of drug-likeness (QED) is 0.672. The zero-order valence-corrected chi connectivity index (χ0v) is 14.5. The second-order valence-electron chi connectivity index (χ2n) is 6.18. The molecule has 21 heavy (non-hydrogen) atoms. The number of nitrogens with one attached hydrogen (secondary N) is 1. The van der Waals surface area contributed by atoms with E-state index in [1.807, 2.05) is 24.3 Å². The van der Waals surface area contributed by atoms with Crippen molar-refractivity contribution in [2.24, 2.45) is 11.8 Å². The van der Waals surface area contributed by atoms with Gasteiger partial charge in [0.15, 0.2) is 0 Å². The molecule has 1 aliphatic rings. The largest absolute Gasteiger partial charge is 0.326 e. The second kappa shape index (κ2) is 8.57. The maximum Gasteiger partial charge on any atom is 0.227 e. The Hall–Kier alpha value is -0.830. The van der Waals surface area contributed by atoms with E-state index < -0.39 is 0 Å². The molecule has 0 bridgehead atoms. The molecule has 3 heteroatoms. The van der Waals surface area contributed by atoms with Gasteiger partial charge in [0.2, 0.25) is 5.91 Å². The molecule has 0 spiro atoms. The van der Waals surface area contributed by atoms with Crippen LogP contribution in [0, 0.1) is 11.8 Å². The lowest BCUT2D eigenvalue weighted by Crippen LogP contribution is -2.27. The average Bonchev–Trinajstić information content (AvgIpc) is 2.54. The lowest BCUT2D eigenvalue weighted by atomic mass is 9.79. The number of amides is 1. The van der Waals surface area contributed by atoms with Crippen molar-refractivity contribution in [1.29, 1.82) is 0 Å². The zero-order chi connectivity index (χ0) is 15.1. The molecule has 2 rings (SSSR count). The topological polar surface area (TPSA) is 29.1 Å². The van der Waals surface area contributed by atoms with Crippen molar-refractivity contribution in [2.45, 2.75) is 57.2 Å². The molecular weight excluding hydrogens is 326 g/mol. The van der Waals surface area contributed by atoms with Gasteiger partial charge in [-0.3, -0.25) is 4.79 Å². The first-order chi connectivity index (χ1) is 10.2. The van der Waals surface area contributed by atoms with Crippen molar-refractivity contribution in [3.05, 3.63) is 29.8 Å². The van der Waals surface area contributed by atoms with Gasteiger partial charge >= 0.3 is 0 Å². The number of benzene rings is 1. The van der Waals surface area contributed by atoms with E-state index >= 15 is 0 Å². The van der Waals surface area contributed by atoms with Crippen LogP contribution in [0.2, 0.25) is 0 Å². The Bertz CT molecular complexity index is 435. The third kappa shape index (κ3) is 5.14. The fraction of sp³-hybridized carbons (Fsp3) is 0.611. The minimum atomic E-state index is 0.204. The van der Waals surface area contributed by atoms with Gasteiger partial charge in [0.1, 0.15) is 0 Å². The number of rotatable bonds is 6. The van der Waals surface area contributed by atoms with E-state index in [-0.39, 0.29) is 11.8 Å². The highest BCUT2D eigenvalue weighted by atomic mass is 79.9. The smallest absolute Gasteiger partial charge is 0.227 e. The number of carbonyl (C=O) groups is 1. The van der Waals surface area contributed by atoms with Crippen molar-refractivity contribution in [1.82, 2.24) is 0 Å². The zero-order valence-electron chi connectivity index (χ0n) is 12.9. The van der Waals surface area contributed by atoms with Crippen LogP contribution in [0.3, 0.4) is 0 Å². The summed E-state index contributed by atoms with van der Waals surface area (Å²) in [6.45, 7) is 2.25. The Morgan fingerprint density at radius 1 is 1.19 bits per heavy atom. The van der Waals surface area contributed by atoms with Crippen molar-refractivity contribution < 1.29 is 4.79 Å². The molecule has 0 atom stereocenters. The molecule has 1 saturated carbocycles. The highest BCUT2D eigenvalue weighted by molar-refractivity contribution is 9.08. The van der Waals surface area contributed by atoms with Gasteiger partial charge in [0.25, 0.3) is 0 Å². The molecule has 1 aliphatic carbocycles. The van der Waals surface area contributed by atoms with Crippen molar-refractivity contribution in [2.75, 3.05) is 5.32 Å². The molecule has 2 nitrogen and oxygen atoms in total. The summed E-state index contributed by atoms with van der Waals surface area (Å²) in [6.07, 6.45) is 8.52. The summed E-state index contributed by atoms with van der Waals surface area (Å²) in [5.41, 5.74) is 2.14. The predicted octanol–water partition coefficient (Wildman–Crippen LogP) is 5.52. The summed E-state index contributed by atoms with van der Waals surface area (Å²) in [5, 5.41) is 3.92. The normalized spacial score (nSPS) is 22.0. The fourth-order valence-corrected chi connectivity index (χ4v) is 3.50. The molecule has 1 N–H and O–H groups in total. The van der Waals surface area contributed by atoms with E-state index in [1.165, 1.54) is 37.7 Å². The molecule has 1 fully saturated rings. The molecular formula is C18H26BrNO. The second-order valence-corrected chi connectivity index (χ2v) is 6.74. The molecule has 0 aliphatic heterocycles. The van der Waals surface area contributed by atoms with Gasteiger partial charge in [0.05, 0.1) is 0 Å². The Balaban J connectivity index is 1.78. The van der Waals surface area contributed by atoms with Gasteiger partial charge in [-0.05, 0) is 49.3 Å². The maximum atomic E-state index is 12.3. The predicted molar refractivity (Wildman–Crippen MR) is 92.7 cm³/mol. The van der Waals surface area contributed by atoms with Crippen LogP contribution in [-0.2, 0) is 10.1 Å². The van der Waals surface area contributed by atoms with Gasteiger partial charge in [-0.1, -0.05) is 54.2 Å². The van der Waals surface area contributed by atoms with Gasteiger partial charge in [0, 0.05) is 16.9 Å². The monoisotopic (exact) mass is 351 g/mol. The molecule has 1 amide bonds. The molecule has 0 saturated heterocycles. The summed E-state index contributed by atoms with van der Waals surface area (Å²) in [6, 6.07) is 8.07. The Morgan fingerprint density at radius 2 is 1.86 bits per heavy atom. The van der Waals surface area contributed by atoms with E-state index in [9.17, 15) is 4.79 Å². The van der Waals surface area contributed by atoms with Crippen LogP contribution in [0.5, 0.6) is 0 Å². The number of anilines is 1. The van der Waals surface area contributed by atoms with Gasteiger partial charge < -0.3 is 5.32 Å². The lowest BCUT2D eigenvalue weighted by molar-refractivity contribution is -0.121. The fourth-order valence-electron chi connectivity index (χ4n) is 3.13. The van der Waals surface area contributed by atoms with E-state index in [2.05, 4.69) is 28.2 Å². The van der Waals surface area contributed by atoms with Crippen molar-refractivity contribution in [3.8, 4) is 0 Å². The van der Waals surface area contributed by atoms with Crippen molar-refractivity contribution >= 4 is 27.5 Å². The van der Waals surface area contributed by atoms with E-state index in [0.29, 0.717) is 0 Å². The Morgan fingerprint density at radius 3 is 2.43 bits per heavy atom. The van der Waals surface area contributed by atoms with E-state index in [1.54, 1.807) is 0 Å². The van der Waals surface area contributed by atoms with Gasteiger partial charge in [-0.15, -0.1) is 0 Å². The number of halogens is 1. The number of unbranched alkanes of at least 4 members (excludes halogenated alkanes) is 1. The summed E-state index contributed by atoms with van der Waals surface area (Å²) < 4.78 is 0. The SMILES string of the molecule is CCCCC1CCC(C(=O)Nc2ccc(CBr)cc2)CC1. The minimum Gasteiger partial charge on any atom is -0.326 e. The van der Waals surface area contributed by atoms with Crippen molar-refractivity contribution in [3.63, 3.8) is 0 Å². The highest BCUT2D eigenvalue weighted by Gasteiger charge is 2.25. The standard InChI is InChI=1S/C18H26BrNO/c1-2-3-4-14-5-9-16(10-6-14)18(21)20-17-11-7-15(13-19)8-12-17/h7-8,11-12,14,16H,2-6,9-10,13H2,1H3,(H,20,21). The lowest BCUT2D eigenvalue weighted by Gasteiger charge is -2.27. The molecule has 116 valence electrons. The molecule has 0 radical (unpaired) electrons. The van der Waals surface area contributed by atoms with Gasteiger partial charge in [-0.2, -0.15) is 0 Å². The summed E-state index contributed by atoms with van der Waals surface area (Å²) in [4.78, 5) is 12.3. The number of alkyl halides is 1. The summed E-state index contributed by atoms with van der Waals surface area (Å²) >= 11 is 3.43. The van der Waals surface area contributed by atoms with Gasteiger partial charge in [-0.25, -0.2) is 0 Å². The molecule has 0 aromatic heterocycles. The van der Waals surface area contributed by atoms with Crippen LogP contribution in [0.25, 0.3) is 0 Å². The van der Waals surface area contributed by atoms with Crippen LogP contribution in [0.4, 0.5) is 5.69 Å². The maximum absolute atomic E-state index is 12.3. The molecule has 0 unspecified atom stereocenters. The Kier molecular flexibility index (Phi) is 6.75. The molecule has 1 aromatic rings. The third-order valence-corrected chi connectivity index (χ3v) is 5.21. The number of hydrogen-bond donors (Lipinski definition) is 1. The van der Waals surface area contributed by atoms with E-state index in [0.717, 1.165) is 29.8 Å². The van der Waals surface area contributed by atoms with E-state index in [4.69, 9.17) is 0 Å². The van der Waals surface area contributed by atoms with Crippen LogP contribution in [0.15, 0.2) is 24.3 Å². The molecule has 1 aromatic carbocycles. The molecule has 0 heterocycles. The first-order valence-electron chi connectivity index (χ1n) is 8.18. The summed E-state index contributed by atoms with van der Waals surface area (Å²) in [7, 11) is 0.